The van der Waals surface area contributed by atoms with Gasteiger partial charge in [0.15, 0.2) is 0 Å². The molecule has 0 unspecified atom stereocenters. The summed E-state index contributed by atoms with van der Waals surface area (Å²) >= 11 is 0. The molecular weight excluding hydrogens is 132 g/mol. The van der Waals surface area contributed by atoms with Gasteiger partial charge in [0.2, 0.25) is 0 Å². The molecule has 0 atom stereocenters. The largest absolute Gasteiger partial charge is 0.0726 e. The molecule has 0 saturated heterocycles. The van der Waals surface area contributed by atoms with E-state index >= 15 is 0 Å². The summed E-state index contributed by atoms with van der Waals surface area (Å²) in [5.41, 5.74) is 7.97. The van der Waals surface area contributed by atoms with Crippen LogP contribution in [0.4, 0.5) is 0 Å². The zero-order chi connectivity index (χ0) is 6.41. The molecule has 0 aliphatic rings. The molecule has 0 saturated carbocycles. The third-order valence-corrected chi connectivity index (χ3v) is 2.69. The van der Waals surface area contributed by atoms with E-state index in [1.54, 1.807) is 0 Å². The fourth-order valence-corrected chi connectivity index (χ4v) is 1.22. The summed E-state index contributed by atoms with van der Waals surface area (Å²) in [6.07, 6.45) is 2.02. The Bertz CT molecular complexity index is 98.0. The van der Waals surface area contributed by atoms with Crippen molar-refractivity contribution in [2.75, 3.05) is 12.3 Å². The van der Waals surface area contributed by atoms with Crippen molar-refractivity contribution >= 4 is 16.5 Å². The number of rotatable bonds is 3. The van der Waals surface area contributed by atoms with E-state index in [1.807, 2.05) is 13.8 Å². The minimum absolute atomic E-state index is 0. The smallest absolute Gasteiger partial charge is 0.00472 e. The third kappa shape index (κ3) is 5.68. The summed E-state index contributed by atoms with van der Waals surface area (Å²) in [5.74, 6) is 0. The fraction of sp³-hybridized carbons (Fsp3) is 1.00. The minimum atomic E-state index is -0.348. The maximum Gasteiger partial charge on any atom is 0.00472 e. The Hall–Kier alpha value is -0.195. The van der Waals surface area contributed by atoms with E-state index in [-0.39, 0.29) is 16.5 Å². The molecule has 0 bridgehead atoms. The Labute approximate surface area is 58.8 Å². The molecular formula is C4H10BN3P. The summed E-state index contributed by atoms with van der Waals surface area (Å²) < 4.78 is 0. The first kappa shape index (κ1) is 11.6. The van der Waals surface area contributed by atoms with Crippen LogP contribution in [0.1, 0.15) is 13.8 Å². The molecule has 0 aromatic heterocycles. The van der Waals surface area contributed by atoms with Gasteiger partial charge in [0, 0.05) is 13.3 Å². The highest BCUT2D eigenvalue weighted by molar-refractivity contribution is 7.55. The van der Waals surface area contributed by atoms with Gasteiger partial charge in [0.25, 0.3) is 0 Å². The van der Waals surface area contributed by atoms with Crippen molar-refractivity contribution in [3.63, 3.8) is 0 Å². The lowest BCUT2D eigenvalue weighted by Crippen LogP contribution is -1.74. The topological polar surface area (TPSA) is 48.8 Å². The van der Waals surface area contributed by atoms with E-state index in [9.17, 15) is 0 Å². The van der Waals surface area contributed by atoms with Crippen molar-refractivity contribution in [1.82, 2.24) is 0 Å². The predicted molar refractivity (Wildman–Crippen MR) is 42.9 cm³/mol. The van der Waals surface area contributed by atoms with Gasteiger partial charge >= 0.3 is 0 Å². The predicted octanol–water partition coefficient (Wildman–Crippen LogP) is 2.35. The molecule has 3 radical (unpaired) electrons. The van der Waals surface area contributed by atoms with E-state index < -0.39 is 0 Å². The molecule has 9 heavy (non-hydrogen) atoms. The van der Waals surface area contributed by atoms with Gasteiger partial charge in [-0.2, -0.15) is 0 Å². The number of nitrogens with zero attached hydrogens (tertiary/aromatic N) is 3. The van der Waals surface area contributed by atoms with Crippen LogP contribution in [0.5, 0.6) is 0 Å². The van der Waals surface area contributed by atoms with Gasteiger partial charge in [-0.3, -0.25) is 0 Å². The Morgan fingerprint density at radius 3 is 2.00 bits per heavy atom. The maximum atomic E-state index is 7.97. The molecule has 0 rings (SSSR count). The monoisotopic (exact) mass is 142 g/mol. The number of hydrogen-bond donors (Lipinski definition) is 0. The molecule has 0 N–H and O–H groups in total. The second kappa shape index (κ2) is 7.80. The molecule has 0 aromatic carbocycles. The highest BCUT2D eigenvalue weighted by Crippen LogP contribution is 2.35. The summed E-state index contributed by atoms with van der Waals surface area (Å²) in [6, 6.07) is 0. The molecule has 3 nitrogen and oxygen atoms in total. The lowest BCUT2D eigenvalue weighted by atomic mass is 10.8. The van der Waals surface area contributed by atoms with Crippen LogP contribution in [0.25, 0.3) is 10.4 Å². The van der Waals surface area contributed by atoms with Gasteiger partial charge in [-0.1, -0.05) is 18.7 Å². The van der Waals surface area contributed by atoms with Crippen molar-refractivity contribution in [2.24, 2.45) is 4.88 Å². The van der Waals surface area contributed by atoms with Gasteiger partial charge in [-0.15, -0.1) is 0 Å². The highest BCUT2D eigenvalue weighted by atomic mass is 31.1. The number of hydrogen-bond acceptors (Lipinski definition) is 1. The third-order valence-electron chi connectivity index (χ3n) is 0.897. The lowest BCUT2D eigenvalue weighted by Gasteiger charge is -2.00. The van der Waals surface area contributed by atoms with Crippen LogP contribution in [0.3, 0.4) is 0 Å². The van der Waals surface area contributed by atoms with Gasteiger partial charge in [0.05, 0.1) is 0 Å². The van der Waals surface area contributed by atoms with E-state index in [0.29, 0.717) is 0 Å². The Kier molecular flexibility index (Phi) is 10.0. The molecule has 0 aliphatic carbocycles. The minimum Gasteiger partial charge on any atom is -0.0726 e. The normalized spacial score (nSPS) is 7.89. The molecule has 0 aliphatic heterocycles. The molecule has 0 fully saturated rings. The Morgan fingerprint density at radius 1 is 1.44 bits per heavy atom. The highest BCUT2D eigenvalue weighted by Gasteiger charge is 1.94. The van der Waals surface area contributed by atoms with Crippen LogP contribution in [0, 0.1) is 0 Å². The van der Waals surface area contributed by atoms with E-state index in [0.717, 1.165) is 12.3 Å². The SMILES string of the molecule is CCP(CC)N=[N+]=[N-].[B]. The Balaban J connectivity index is 0. The summed E-state index contributed by atoms with van der Waals surface area (Å²) in [5, 5.41) is 0. The lowest BCUT2D eigenvalue weighted by molar-refractivity contribution is 1.38. The molecule has 0 spiro atoms. The first-order valence-corrected chi connectivity index (χ1v) is 4.31. The molecule has 0 heterocycles. The van der Waals surface area contributed by atoms with E-state index in [4.69, 9.17) is 5.53 Å². The average molecular weight is 142 g/mol. The van der Waals surface area contributed by atoms with Crippen LogP contribution in [0.2, 0.25) is 0 Å². The van der Waals surface area contributed by atoms with Gasteiger partial charge < -0.3 is 0 Å². The summed E-state index contributed by atoms with van der Waals surface area (Å²) in [7, 11) is -0.348. The molecule has 0 aromatic rings. The zero-order valence-electron chi connectivity index (χ0n) is 5.78. The van der Waals surface area contributed by atoms with Crippen molar-refractivity contribution in [3.8, 4) is 0 Å². The average Bonchev–Trinajstić information content (AvgIpc) is 1.83. The van der Waals surface area contributed by atoms with Crippen LogP contribution in [-0.4, -0.2) is 20.7 Å². The van der Waals surface area contributed by atoms with Crippen molar-refractivity contribution in [2.45, 2.75) is 13.8 Å². The van der Waals surface area contributed by atoms with E-state index in [2.05, 4.69) is 9.80 Å². The van der Waals surface area contributed by atoms with Crippen LogP contribution >= 0.6 is 8.07 Å². The second-order valence-corrected chi connectivity index (χ2v) is 3.77. The van der Waals surface area contributed by atoms with E-state index in [1.165, 1.54) is 0 Å². The maximum absolute atomic E-state index is 7.97. The van der Waals surface area contributed by atoms with Crippen LogP contribution in [-0.2, 0) is 0 Å². The van der Waals surface area contributed by atoms with Crippen LogP contribution in [0.15, 0.2) is 4.88 Å². The first-order valence-electron chi connectivity index (χ1n) is 2.65. The second-order valence-electron chi connectivity index (χ2n) is 1.32. The van der Waals surface area contributed by atoms with Gasteiger partial charge in [-0.25, -0.2) is 0 Å². The summed E-state index contributed by atoms with van der Waals surface area (Å²) in [6.45, 7) is 4.09. The number of azide groups is 1. The van der Waals surface area contributed by atoms with Crippen molar-refractivity contribution < 1.29 is 0 Å². The first-order chi connectivity index (χ1) is 3.85. The van der Waals surface area contributed by atoms with Crippen LogP contribution < -0.4 is 0 Å². The van der Waals surface area contributed by atoms with Gasteiger partial charge in [0.1, 0.15) is 0 Å². The quantitative estimate of drug-likeness (QED) is 0.191. The molecule has 0 amide bonds. The fourth-order valence-electron chi connectivity index (χ4n) is 0.407. The molecule has 49 valence electrons. The zero-order valence-corrected chi connectivity index (χ0v) is 6.67. The Morgan fingerprint density at radius 2 is 1.89 bits per heavy atom. The van der Waals surface area contributed by atoms with Crippen molar-refractivity contribution in [1.29, 1.82) is 0 Å². The summed E-state index contributed by atoms with van der Waals surface area (Å²) in [4.78, 5) is 6.34. The van der Waals surface area contributed by atoms with Crippen molar-refractivity contribution in [3.05, 3.63) is 10.4 Å². The standard InChI is InChI=1S/C4H10N3P.B/c1-3-8(4-2)7-6-5;/h3-4H2,1-2H3;. The molecule has 5 heteroatoms. The van der Waals surface area contributed by atoms with Gasteiger partial charge in [-0.05, 0) is 25.9 Å².